The number of esters is 1. The lowest BCUT2D eigenvalue weighted by atomic mass is 10.2. The third-order valence-electron chi connectivity index (χ3n) is 3.96. The molecule has 2 aromatic carbocycles. The second-order valence-corrected chi connectivity index (χ2v) is 8.53. The fourth-order valence-electron chi connectivity index (χ4n) is 2.49. The number of aromatic nitrogens is 1. The molecule has 0 bridgehead atoms. The molecule has 1 heterocycles. The molecule has 11 heteroatoms. The van der Waals surface area contributed by atoms with Crippen LogP contribution in [0.1, 0.15) is 16.1 Å². The maximum Gasteiger partial charge on any atom is 0.340 e. The van der Waals surface area contributed by atoms with Gasteiger partial charge in [-0.15, -0.1) is 11.3 Å². The van der Waals surface area contributed by atoms with Crippen LogP contribution in [-0.4, -0.2) is 41.5 Å². The highest BCUT2D eigenvalue weighted by Gasteiger charge is 2.20. The molecule has 32 heavy (non-hydrogen) atoms. The van der Waals surface area contributed by atoms with E-state index in [1.54, 1.807) is 12.1 Å². The zero-order valence-corrected chi connectivity index (χ0v) is 18.6. The van der Waals surface area contributed by atoms with Crippen LogP contribution in [-0.2, 0) is 9.53 Å². The largest absolute Gasteiger partial charge is 0.492 e. The van der Waals surface area contributed by atoms with Gasteiger partial charge < -0.3 is 14.8 Å². The minimum Gasteiger partial charge on any atom is -0.492 e. The van der Waals surface area contributed by atoms with Crippen LogP contribution in [0.25, 0.3) is 0 Å². The van der Waals surface area contributed by atoms with Crippen molar-refractivity contribution < 1.29 is 24.0 Å². The van der Waals surface area contributed by atoms with Crippen molar-refractivity contribution in [1.82, 2.24) is 10.3 Å². The Kier molecular flexibility index (Phi) is 8.17. The molecule has 0 atom stereocenters. The van der Waals surface area contributed by atoms with Gasteiger partial charge in [-0.1, -0.05) is 30.0 Å². The number of nitrogens with one attached hydrogen (secondary N) is 1. The molecule has 1 amide bonds. The summed E-state index contributed by atoms with van der Waals surface area (Å²) in [6.45, 7) is 1.80. The van der Waals surface area contributed by atoms with Crippen LogP contribution in [0.2, 0.25) is 0 Å². The maximum absolute atomic E-state index is 12.6. The summed E-state index contributed by atoms with van der Waals surface area (Å²) in [5, 5.41) is 15.6. The SMILES string of the molecule is Cc1csc(Sc2ccc([N+](=O)[O-])cc2C(=O)OCC(=O)NCCOc2ccccc2)n1. The van der Waals surface area contributed by atoms with Crippen molar-refractivity contribution in [3.05, 3.63) is 75.3 Å². The molecular weight excluding hydrogens is 454 g/mol. The van der Waals surface area contributed by atoms with Gasteiger partial charge in [-0.3, -0.25) is 14.9 Å². The molecule has 0 saturated carbocycles. The van der Waals surface area contributed by atoms with E-state index < -0.39 is 23.4 Å². The van der Waals surface area contributed by atoms with Crippen molar-refractivity contribution in [1.29, 1.82) is 0 Å². The molecule has 0 radical (unpaired) electrons. The smallest absolute Gasteiger partial charge is 0.340 e. The van der Waals surface area contributed by atoms with Gasteiger partial charge in [0.05, 0.1) is 17.0 Å². The predicted molar refractivity (Wildman–Crippen MR) is 119 cm³/mol. The Balaban J connectivity index is 1.56. The Bertz CT molecular complexity index is 1100. The molecule has 3 rings (SSSR count). The van der Waals surface area contributed by atoms with Gasteiger partial charge in [0, 0.05) is 28.1 Å². The number of thiazole rings is 1. The quantitative estimate of drug-likeness (QED) is 0.204. The van der Waals surface area contributed by atoms with Crippen LogP contribution in [0.15, 0.2) is 63.1 Å². The third-order valence-corrected chi connectivity index (χ3v) is 6.09. The number of amides is 1. The number of para-hydroxylation sites is 1. The van der Waals surface area contributed by atoms with Crippen LogP contribution in [0.4, 0.5) is 5.69 Å². The van der Waals surface area contributed by atoms with Crippen molar-refractivity contribution in [3.8, 4) is 5.75 Å². The first-order valence-electron chi connectivity index (χ1n) is 9.42. The van der Waals surface area contributed by atoms with E-state index >= 15 is 0 Å². The van der Waals surface area contributed by atoms with Crippen molar-refractivity contribution in [2.45, 2.75) is 16.2 Å². The van der Waals surface area contributed by atoms with Crippen LogP contribution in [0.5, 0.6) is 5.75 Å². The summed E-state index contributed by atoms with van der Waals surface area (Å²) in [5.74, 6) is -0.662. The number of non-ortho nitro benzene ring substituents is 1. The van der Waals surface area contributed by atoms with E-state index in [0.29, 0.717) is 15.0 Å². The van der Waals surface area contributed by atoms with Crippen molar-refractivity contribution in [2.75, 3.05) is 19.8 Å². The van der Waals surface area contributed by atoms with Gasteiger partial charge >= 0.3 is 5.97 Å². The summed E-state index contributed by atoms with van der Waals surface area (Å²) >= 11 is 2.59. The number of carbonyl (C=O) groups is 2. The number of aryl methyl sites for hydroxylation is 1. The molecule has 3 aromatic rings. The summed E-state index contributed by atoms with van der Waals surface area (Å²) in [6, 6.07) is 13.0. The van der Waals surface area contributed by atoms with Crippen LogP contribution >= 0.6 is 23.1 Å². The summed E-state index contributed by atoms with van der Waals surface area (Å²) in [5.41, 5.74) is 0.577. The molecule has 0 aliphatic carbocycles. The first kappa shape index (κ1) is 23.2. The lowest BCUT2D eigenvalue weighted by molar-refractivity contribution is -0.384. The molecule has 0 spiro atoms. The van der Waals surface area contributed by atoms with E-state index in [4.69, 9.17) is 9.47 Å². The Hall–Kier alpha value is -3.44. The molecule has 1 aromatic heterocycles. The average Bonchev–Trinajstić information content (AvgIpc) is 3.20. The zero-order valence-electron chi connectivity index (χ0n) is 17.0. The molecule has 1 N–H and O–H groups in total. The number of benzene rings is 2. The summed E-state index contributed by atoms with van der Waals surface area (Å²) in [4.78, 5) is 39.9. The number of hydrogen-bond acceptors (Lipinski definition) is 9. The van der Waals surface area contributed by atoms with E-state index in [1.165, 1.54) is 35.2 Å². The Labute approximate surface area is 191 Å². The Morgan fingerprint density at radius 3 is 2.69 bits per heavy atom. The molecular formula is C21H19N3O6S2. The lowest BCUT2D eigenvalue weighted by Crippen LogP contribution is -2.32. The second kappa shape index (κ2) is 11.3. The standard InChI is InChI=1S/C21H19N3O6S2/c1-14-13-31-21(23-14)32-18-8-7-15(24(27)28)11-17(18)20(26)30-12-19(25)22-9-10-29-16-5-3-2-4-6-16/h2-8,11,13H,9-10,12H2,1H3,(H,22,25). The van der Waals surface area contributed by atoms with E-state index in [9.17, 15) is 19.7 Å². The van der Waals surface area contributed by atoms with Crippen molar-refractivity contribution >= 4 is 40.7 Å². The lowest BCUT2D eigenvalue weighted by Gasteiger charge is -2.10. The molecule has 9 nitrogen and oxygen atoms in total. The van der Waals surface area contributed by atoms with Gasteiger partial charge in [0.1, 0.15) is 12.4 Å². The molecule has 166 valence electrons. The summed E-state index contributed by atoms with van der Waals surface area (Å²) < 4.78 is 11.2. The molecule has 0 unspecified atom stereocenters. The van der Waals surface area contributed by atoms with Gasteiger partial charge in [-0.05, 0) is 25.1 Å². The highest BCUT2D eigenvalue weighted by Crippen LogP contribution is 2.34. The fraction of sp³-hybridized carbons (Fsp3) is 0.190. The number of hydrogen-bond donors (Lipinski definition) is 1. The van der Waals surface area contributed by atoms with Crippen molar-refractivity contribution in [3.63, 3.8) is 0 Å². The molecule has 0 aliphatic rings. The predicted octanol–water partition coefficient (Wildman–Crippen LogP) is 3.86. The summed E-state index contributed by atoms with van der Waals surface area (Å²) in [6.07, 6.45) is 0. The van der Waals surface area contributed by atoms with Gasteiger partial charge in [0.2, 0.25) is 0 Å². The van der Waals surface area contributed by atoms with Crippen LogP contribution < -0.4 is 10.1 Å². The number of ether oxygens (including phenoxy) is 2. The van der Waals surface area contributed by atoms with Gasteiger partial charge in [0.15, 0.2) is 10.9 Å². The third kappa shape index (κ3) is 6.79. The van der Waals surface area contributed by atoms with E-state index in [2.05, 4.69) is 10.3 Å². The second-order valence-electron chi connectivity index (χ2n) is 6.38. The highest BCUT2D eigenvalue weighted by molar-refractivity contribution is 8.01. The van der Waals surface area contributed by atoms with E-state index in [0.717, 1.165) is 11.8 Å². The fourth-order valence-corrected chi connectivity index (χ4v) is 4.38. The minimum atomic E-state index is -0.833. The number of carbonyl (C=O) groups excluding carboxylic acids is 2. The van der Waals surface area contributed by atoms with Gasteiger partial charge in [-0.25, -0.2) is 9.78 Å². The van der Waals surface area contributed by atoms with E-state index in [1.807, 2.05) is 30.5 Å². The van der Waals surface area contributed by atoms with Gasteiger partial charge in [-0.2, -0.15) is 0 Å². The van der Waals surface area contributed by atoms with Gasteiger partial charge in [0.25, 0.3) is 11.6 Å². The number of nitro benzene ring substituents is 1. The van der Waals surface area contributed by atoms with Crippen LogP contribution in [0.3, 0.4) is 0 Å². The Morgan fingerprint density at radius 2 is 2.00 bits per heavy atom. The Morgan fingerprint density at radius 1 is 1.22 bits per heavy atom. The first-order valence-corrected chi connectivity index (χ1v) is 11.1. The topological polar surface area (TPSA) is 121 Å². The number of nitrogens with zero attached hydrogens (tertiary/aromatic N) is 2. The molecule has 0 saturated heterocycles. The molecule has 0 fully saturated rings. The normalized spacial score (nSPS) is 10.4. The van der Waals surface area contributed by atoms with E-state index in [-0.39, 0.29) is 24.4 Å². The highest BCUT2D eigenvalue weighted by atomic mass is 32.2. The zero-order chi connectivity index (χ0) is 22.9. The average molecular weight is 474 g/mol. The molecule has 0 aliphatic heterocycles. The van der Waals surface area contributed by atoms with Crippen LogP contribution in [0, 0.1) is 17.0 Å². The number of rotatable bonds is 10. The maximum atomic E-state index is 12.6. The van der Waals surface area contributed by atoms with Crippen molar-refractivity contribution in [2.24, 2.45) is 0 Å². The first-order chi connectivity index (χ1) is 15.4. The summed E-state index contributed by atoms with van der Waals surface area (Å²) in [7, 11) is 0. The monoisotopic (exact) mass is 473 g/mol. The number of nitro groups is 1. The minimum absolute atomic E-state index is 0.00253.